The molecule has 1 aliphatic heterocycles. The molecule has 11 nitrogen and oxygen atoms in total. The van der Waals surface area contributed by atoms with Gasteiger partial charge in [0.15, 0.2) is 6.29 Å². The first-order valence-corrected chi connectivity index (χ1v) is 19.9. The van der Waals surface area contributed by atoms with Crippen LogP contribution in [0.4, 0.5) is 0 Å². The lowest BCUT2D eigenvalue weighted by atomic mass is 9.98. The molecule has 1 fully saturated rings. The molecule has 1 rings (SSSR count). The maximum Gasteiger partial charge on any atom is 0.249 e. The summed E-state index contributed by atoms with van der Waals surface area (Å²) in [5.41, 5.74) is 0. The van der Waals surface area contributed by atoms with Crippen molar-refractivity contribution in [3.05, 3.63) is 36.5 Å². The van der Waals surface area contributed by atoms with Crippen LogP contribution in [0.15, 0.2) is 36.5 Å². The van der Waals surface area contributed by atoms with E-state index in [2.05, 4.69) is 49.5 Å². The summed E-state index contributed by atoms with van der Waals surface area (Å²) in [6.07, 6.45) is 21.1. The highest BCUT2D eigenvalue weighted by Gasteiger charge is 2.44. The number of rotatable bonds is 31. The van der Waals surface area contributed by atoms with Crippen molar-refractivity contribution in [2.45, 2.75) is 197 Å². The summed E-state index contributed by atoms with van der Waals surface area (Å²) in [5, 5.41) is 74.9. The summed E-state index contributed by atoms with van der Waals surface area (Å²) >= 11 is 0. The van der Waals surface area contributed by atoms with E-state index in [1.54, 1.807) is 0 Å². The molecule has 0 spiro atoms. The van der Waals surface area contributed by atoms with Crippen molar-refractivity contribution in [2.24, 2.45) is 0 Å². The lowest BCUT2D eigenvalue weighted by Gasteiger charge is -2.40. The molecule has 1 heterocycles. The molecule has 51 heavy (non-hydrogen) atoms. The van der Waals surface area contributed by atoms with E-state index in [0.29, 0.717) is 12.8 Å². The van der Waals surface area contributed by atoms with Gasteiger partial charge in [-0.25, -0.2) is 0 Å². The van der Waals surface area contributed by atoms with Crippen LogP contribution >= 0.6 is 0 Å². The number of unbranched alkanes of at least 4 members (excludes halogenated alkanes) is 14. The van der Waals surface area contributed by atoms with Crippen molar-refractivity contribution >= 4 is 5.91 Å². The Morgan fingerprint density at radius 2 is 1.25 bits per heavy atom. The second-order valence-electron chi connectivity index (χ2n) is 14.0. The third-order valence-corrected chi connectivity index (χ3v) is 9.42. The van der Waals surface area contributed by atoms with Gasteiger partial charge >= 0.3 is 0 Å². The van der Waals surface area contributed by atoms with E-state index in [-0.39, 0.29) is 12.8 Å². The Balaban J connectivity index is 2.44. The molecule has 0 radical (unpaired) electrons. The number of allylic oxidation sites excluding steroid dienone is 6. The number of hydrogen-bond acceptors (Lipinski definition) is 10. The van der Waals surface area contributed by atoms with Gasteiger partial charge in [0.2, 0.25) is 5.91 Å². The molecular weight excluding hydrogens is 654 g/mol. The van der Waals surface area contributed by atoms with Gasteiger partial charge in [-0.1, -0.05) is 121 Å². The van der Waals surface area contributed by atoms with Crippen molar-refractivity contribution in [3.63, 3.8) is 0 Å². The molecule has 0 aromatic carbocycles. The first kappa shape index (κ1) is 47.4. The summed E-state index contributed by atoms with van der Waals surface area (Å²) in [7, 11) is 0. The second kappa shape index (κ2) is 30.8. The Morgan fingerprint density at radius 3 is 1.86 bits per heavy atom. The van der Waals surface area contributed by atoms with Crippen molar-refractivity contribution < 1.29 is 50.0 Å². The quantitative estimate of drug-likeness (QED) is 0.0278. The number of aliphatic hydroxyl groups excluding tert-OH is 7. The monoisotopic (exact) mass is 728 g/mol. The lowest BCUT2D eigenvalue weighted by molar-refractivity contribution is -0.303. The van der Waals surface area contributed by atoms with Gasteiger partial charge in [-0.15, -0.1) is 0 Å². The van der Waals surface area contributed by atoms with Crippen LogP contribution in [0.3, 0.4) is 0 Å². The van der Waals surface area contributed by atoms with Crippen LogP contribution in [-0.4, -0.2) is 110 Å². The number of carbonyl (C=O) groups excluding carboxylic acids is 1. The fraction of sp³-hybridized carbons (Fsp3) is 0.825. The van der Waals surface area contributed by atoms with E-state index in [9.17, 15) is 40.5 Å². The Hall–Kier alpha value is -1.67. The molecule has 0 aliphatic carbocycles. The maximum absolute atomic E-state index is 13.0. The number of ether oxygens (including phenoxy) is 2. The molecule has 0 aromatic heterocycles. The Bertz CT molecular complexity index is 929. The zero-order valence-corrected chi connectivity index (χ0v) is 31.6. The zero-order valence-electron chi connectivity index (χ0n) is 31.6. The number of nitrogens with one attached hydrogen (secondary N) is 1. The third kappa shape index (κ3) is 21.6. The van der Waals surface area contributed by atoms with Gasteiger partial charge in [-0.3, -0.25) is 4.79 Å². The first-order valence-electron chi connectivity index (χ1n) is 19.9. The summed E-state index contributed by atoms with van der Waals surface area (Å²) in [5.74, 6) is -0.719. The standard InChI is InChI=1S/C40H73NO10/c1-3-5-7-9-11-12-13-14-15-16-17-18-19-20-21-22-24-26-28-33(44)39(49)41-31(35(45)32(43)27-25-23-10-8-6-4-2)30-50-40-38(48)37(47)36(46)34(29-42)51-40/h8,10-14,31-38,40,42-48H,3-7,9,15-30H2,1-2H3,(H,41,49)/b10-8+,12-11-,14-13-. The Labute approximate surface area is 307 Å². The third-order valence-electron chi connectivity index (χ3n) is 9.42. The molecule has 0 bridgehead atoms. The summed E-state index contributed by atoms with van der Waals surface area (Å²) < 4.78 is 11.0. The molecule has 0 aromatic rings. The minimum atomic E-state index is -1.67. The van der Waals surface area contributed by atoms with E-state index in [1.165, 1.54) is 57.8 Å². The highest BCUT2D eigenvalue weighted by molar-refractivity contribution is 5.80. The van der Waals surface area contributed by atoms with Crippen LogP contribution in [0.5, 0.6) is 0 Å². The topological polar surface area (TPSA) is 189 Å². The van der Waals surface area contributed by atoms with E-state index in [0.717, 1.165) is 44.9 Å². The molecule has 9 atom stereocenters. The van der Waals surface area contributed by atoms with Crippen LogP contribution in [0.1, 0.15) is 142 Å². The van der Waals surface area contributed by atoms with Crippen LogP contribution in [0.2, 0.25) is 0 Å². The lowest BCUT2D eigenvalue weighted by Crippen LogP contribution is -2.60. The van der Waals surface area contributed by atoms with Crippen LogP contribution in [-0.2, 0) is 14.3 Å². The summed E-state index contributed by atoms with van der Waals surface area (Å²) in [6.45, 7) is 3.23. The molecule has 9 unspecified atom stereocenters. The molecule has 11 heteroatoms. The highest BCUT2D eigenvalue weighted by Crippen LogP contribution is 2.23. The molecule has 298 valence electrons. The Kier molecular flexibility index (Phi) is 28.6. The van der Waals surface area contributed by atoms with Gasteiger partial charge in [0.25, 0.3) is 0 Å². The predicted molar refractivity (Wildman–Crippen MR) is 201 cm³/mol. The van der Waals surface area contributed by atoms with Crippen LogP contribution in [0, 0.1) is 0 Å². The first-order chi connectivity index (χ1) is 24.7. The largest absolute Gasteiger partial charge is 0.394 e. The molecule has 1 amide bonds. The van der Waals surface area contributed by atoms with E-state index < -0.39 is 74.2 Å². The predicted octanol–water partition coefficient (Wildman–Crippen LogP) is 4.88. The number of hydrogen-bond donors (Lipinski definition) is 8. The summed E-state index contributed by atoms with van der Waals surface area (Å²) in [6, 6.07) is -1.18. The normalized spacial score (nSPS) is 23.7. The average Bonchev–Trinajstić information content (AvgIpc) is 3.13. The number of aliphatic hydroxyl groups is 7. The molecule has 8 N–H and O–H groups in total. The second-order valence-corrected chi connectivity index (χ2v) is 14.0. The van der Waals surface area contributed by atoms with Crippen molar-refractivity contribution in [2.75, 3.05) is 13.2 Å². The molecule has 1 aliphatic rings. The van der Waals surface area contributed by atoms with Crippen LogP contribution < -0.4 is 5.32 Å². The molecular formula is C40H73NO10. The van der Waals surface area contributed by atoms with Gasteiger partial charge in [0, 0.05) is 0 Å². The van der Waals surface area contributed by atoms with E-state index in [1.807, 2.05) is 6.08 Å². The maximum atomic E-state index is 13.0. The number of amides is 1. The van der Waals surface area contributed by atoms with E-state index in [4.69, 9.17) is 9.47 Å². The fourth-order valence-electron chi connectivity index (χ4n) is 6.02. The van der Waals surface area contributed by atoms with Crippen molar-refractivity contribution in [3.8, 4) is 0 Å². The van der Waals surface area contributed by atoms with Gasteiger partial charge in [-0.05, 0) is 57.8 Å². The van der Waals surface area contributed by atoms with E-state index >= 15 is 0 Å². The number of carbonyl (C=O) groups is 1. The van der Waals surface area contributed by atoms with Crippen molar-refractivity contribution in [1.82, 2.24) is 5.32 Å². The SMILES string of the molecule is CCC/C=C/CCCC(O)C(O)C(COC1OC(CO)C(O)C(O)C1O)NC(=O)C(O)CCCCCCCCCCC/C=C\C=C/CCCCC. The van der Waals surface area contributed by atoms with Crippen LogP contribution in [0.25, 0.3) is 0 Å². The average molecular weight is 728 g/mol. The van der Waals surface area contributed by atoms with Crippen molar-refractivity contribution in [1.29, 1.82) is 0 Å². The van der Waals surface area contributed by atoms with Gasteiger partial charge in [0.05, 0.1) is 25.4 Å². The zero-order chi connectivity index (χ0) is 37.7. The smallest absolute Gasteiger partial charge is 0.249 e. The minimum Gasteiger partial charge on any atom is -0.394 e. The molecule has 1 saturated heterocycles. The van der Waals surface area contributed by atoms with Gasteiger partial charge < -0.3 is 50.5 Å². The van der Waals surface area contributed by atoms with Gasteiger partial charge in [0.1, 0.15) is 36.6 Å². The molecule has 0 saturated carbocycles. The van der Waals surface area contributed by atoms with Gasteiger partial charge in [-0.2, -0.15) is 0 Å². The summed E-state index contributed by atoms with van der Waals surface area (Å²) in [4.78, 5) is 13.0. The minimum absolute atomic E-state index is 0.246. The highest BCUT2D eigenvalue weighted by atomic mass is 16.7. The Morgan fingerprint density at radius 1 is 0.686 bits per heavy atom. The fourth-order valence-corrected chi connectivity index (χ4v) is 6.02.